The van der Waals surface area contributed by atoms with Gasteiger partial charge in [0, 0.05) is 11.8 Å². The maximum absolute atomic E-state index is 4.55. The quantitative estimate of drug-likeness (QED) is 0.794. The summed E-state index contributed by atoms with van der Waals surface area (Å²) in [6.07, 6.45) is 0.846. The molecule has 0 atom stereocenters. The predicted molar refractivity (Wildman–Crippen MR) is 76.2 cm³/mol. The number of hydrogen-bond acceptors (Lipinski definition) is 6. The predicted octanol–water partition coefficient (Wildman–Crippen LogP) is 3.32. The van der Waals surface area contributed by atoms with E-state index in [0.29, 0.717) is 6.54 Å². The number of fused-ring (bicyclic) bond motifs is 1. The Labute approximate surface area is 113 Å². The lowest BCUT2D eigenvalue weighted by Crippen LogP contribution is -2.04. The number of thiophene rings is 1. The summed E-state index contributed by atoms with van der Waals surface area (Å²) in [5, 5.41) is 8.53. The molecular formula is C12H12N4S2. The van der Waals surface area contributed by atoms with Crippen LogP contribution in [0.4, 0.5) is 5.82 Å². The van der Waals surface area contributed by atoms with Crippen LogP contribution >= 0.6 is 22.7 Å². The number of aryl methyl sites for hydroxylation is 1. The molecule has 0 aliphatic rings. The minimum absolute atomic E-state index is 0.703. The molecule has 0 saturated heterocycles. The van der Waals surface area contributed by atoms with Gasteiger partial charge in [0.1, 0.15) is 16.5 Å². The van der Waals surface area contributed by atoms with Gasteiger partial charge in [-0.3, -0.25) is 0 Å². The fraction of sp³-hybridized carbons (Fsp3) is 0.250. The highest BCUT2D eigenvalue weighted by molar-refractivity contribution is 7.16. The monoisotopic (exact) mass is 276 g/mol. The molecule has 0 unspecified atom stereocenters. The van der Waals surface area contributed by atoms with E-state index >= 15 is 0 Å². The van der Waals surface area contributed by atoms with Crippen molar-refractivity contribution in [3.63, 3.8) is 0 Å². The highest BCUT2D eigenvalue weighted by Crippen LogP contribution is 2.25. The fourth-order valence-electron chi connectivity index (χ4n) is 1.69. The topological polar surface area (TPSA) is 50.7 Å². The molecule has 6 heteroatoms. The molecule has 0 aliphatic heterocycles. The first kappa shape index (κ1) is 11.6. The molecule has 3 aromatic rings. The summed E-state index contributed by atoms with van der Waals surface area (Å²) >= 11 is 3.26. The molecule has 0 aromatic carbocycles. The molecular weight excluding hydrogens is 264 g/mol. The smallest absolute Gasteiger partial charge is 0.138 e. The van der Waals surface area contributed by atoms with Crippen molar-refractivity contribution in [2.45, 2.75) is 19.9 Å². The number of thiazole rings is 1. The third kappa shape index (κ3) is 2.21. The molecule has 4 nitrogen and oxygen atoms in total. The number of nitrogens with zero attached hydrogens (tertiary/aromatic N) is 3. The highest BCUT2D eigenvalue weighted by Gasteiger charge is 2.08. The van der Waals surface area contributed by atoms with Crippen molar-refractivity contribution in [2.24, 2.45) is 0 Å². The Morgan fingerprint density at radius 3 is 3.06 bits per heavy atom. The second kappa shape index (κ2) is 4.99. The van der Waals surface area contributed by atoms with Gasteiger partial charge in [-0.2, -0.15) is 0 Å². The van der Waals surface area contributed by atoms with Gasteiger partial charge in [-0.05, 0) is 11.4 Å². The lowest BCUT2D eigenvalue weighted by molar-refractivity contribution is 0.952. The van der Waals surface area contributed by atoms with Gasteiger partial charge in [0.25, 0.3) is 0 Å². The molecule has 0 aliphatic carbocycles. The Morgan fingerprint density at radius 1 is 1.33 bits per heavy atom. The Hall–Kier alpha value is -1.53. The first-order chi connectivity index (χ1) is 8.86. The highest BCUT2D eigenvalue weighted by atomic mass is 32.1. The van der Waals surface area contributed by atoms with Gasteiger partial charge in [0.15, 0.2) is 0 Å². The van der Waals surface area contributed by atoms with Crippen LogP contribution in [-0.4, -0.2) is 15.0 Å². The zero-order chi connectivity index (χ0) is 12.4. The van der Waals surface area contributed by atoms with Gasteiger partial charge >= 0.3 is 0 Å². The van der Waals surface area contributed by atoms with Gasteiger partial charge in [-0.1, -0.05) is 6.92 Å². The van der Waals surface area contributed by atoms with Crippen molar-refractivity contribution >= 4 is 38.7 Å². The fourth-order valence-corrected chi connectivity index (χ4v) is 3.03. The number of rotatable bonds is 4. The van der Waals surface area contributed by atoms with Crippen LogP contribution in [0.25, 0.3) is 10.2 Å². The van der Waals surface area contributed by atoms with Crippen molar-refractivity contribution in [3.05, 3.63) is 33.9 Å². The molecule has 3 aromatic heterocycles. The van der Waals surface area contributed by atoms with E-state index in [1.807, 2.05) is 16.3 Å². The van der Waals surface area contributed by atoms with Crippen LogP contribution in [0.3, 0.4) is 0 Å². The van der Waals surface area contributed by atoms with Crippen LogP contribution in [0.5, 0.6) is 0 Å². The average molecular weight is 276 g/mol. The molecule has 3 rings (SSSR count). The summed E-state index contributed by atoms with van der Waals surface area (Å²) in [6, 6.07) is 2.06. The van der Waals surface area contributed by atoms with Crippen LogP contribution in [-0.2, 0) is 13.0 Å². The first-order valence-electron chi connectivity index (χ1n) is 5.72. The van der Waals surface area contributed by atoms with Crippen molar-refractivity contribution < 1.29 is 0 Å². The van der Waals surface area contributed by atoms with E-state index < -0.39 is 0 Å². The van der Waals surface area contributed by atoms with E-state index in [1.54, 1.807) is 22.7 Å². The average Bonchev–Trinajstić information content (AvgIpc) is 3.06. The number of hydrogen-bond donors (Lipinski definition) is 1. The summed E-state index contributed by atoms with van der Waals surface area (Å²) in [7, 11) is 0. The molecule has 0 amide bonds. The summed E-state index contributed by atoms with van der Waals surface area (Å²) in [5.74, 6) is 1.79. The van der Waals surface area contributed by atoms with E-state index in [-0.39, 0.29) is 0 Å². The number of anilines is 1. The zero-order valence-electron chi connectivity index (χ0n) is 9.88. The molecule has 1 N–H and O–H groups in total. The summed E-state index contributed by atoms with van der Waals surface area (Å²) in [6.45, 7) is 2.77. The Bertz CT molecular complexity index is 645. The third-order valence-corrected chi connectivity index (χ3v) is 4.05. The Balaban J connectivity index is 1.92. The lowest BCUT2D eigenvalue weighted by Gasteiger charge is -2.06. The third-order valence-electron chi connectivity index (χ3n) is 2.61. The van der Waals surface area contributed by atoms with Gasteiger partial charge in [0.2, 0.25) is 0 Å². The summed E-state index contributed by atoms with van der Waals surface area (Å²) in [4.78, 5) is 14.4. The maximum atomic E-state index is 4.55. The van der Waals surface area contributed by atoms with Crippen LogP contribution in [0.15, 0.2) is 22.3 Å². The molecule has 0 bridgehead atoms. The molecule has 0 fully saturated rings. The van der Waals surface area contributed by atoms with Gasteiger partial charge in [-0.15, -0.1) is 22.7 Å². The minimum Gasteiger partial charge on any atom is -0.364 e. The Kier molecular flexibility index (Phi) is 3.21. The standard InChI is InChI=1S/C12H12N4S2/c1-2-10-15-11(9-3-4-18-12(9)16-10)13-5-8-6-17-7-14-8/h3-4,6-7H,2,5H2,1H3,(H,13,15,16). The van der Waals surface area contributed by atoms with Crippen LogP contribution in [0.2, 0.25) is 0 Å². The van der Waals surface area contributed by atoms with Crippen molar-refractivity contribution in [2.75, 3.05) is 5.32 Å². The molecule has 92 valence electrons. The van der Waals surface area contributed by atoms with E-state index in [1.165, 1.54) is 0 Å². The second-order valence-corrected chi connectivity index (χ2v) is 5.43. The van der Waals surface area contributed by atoms with Crippen molar-refractivity contribution in [1.29, 1.82) is 0 Å². The van der Waals surface area contributed by atoms with Crippen LogP contribution in [0.1, 0.15) is 18.4 Å². The lowest BCUT2D eigenvalue weighted by atomic mass is 10.3. The number of nitrogens with one attached hydrogen (secondary N) is 1. The SMILES string of the molecule is CCc1nc(NCc2cscn2)c2ccsc2n1. The molecule has 0 spiro atoms. The zero-order valence-corrected chi connectivity index (χ0v) is 11.5. The summed E-state index contributed by atoms with van der Waals surface area (Å²) < 4.78 is 0. The normalized spacial score (nSPS) is 10.9. The number of aromatic nitrogens is 3. The maximum Gasteiger partial charge on any atom is 0.138 e. The van der Waals surface area contributed by atoms with E-state index in [4.69, 9.17) is 0 Å². The largest absolute Gasteiger partial charge is 0.364 e. The molecule has 3 heterocycles. The van der Waals surface area contributed by atoms with E-state index in [9.17, 15) is 0 Å². The van der Waals surface area contributed by atoms with E-state index in [0.717, 1.165) is 34.0 Å². The van der Waals surface area contributed by atoms with Crippen LogP contribution in [0, 0.1) is 0 Å². The van der Waals surface area contributed by atoms with Gasteiger partial charge in [0.05, 0.1) is 23.1 Å². The van der Waals surface area contributed by atoms with Crippen LogP contribution < -0.4 is 5.32 Å². The molecule has 18 heavy (non-hydrogen) atoms. The van der Waals surface area contributed by atoms with Crippen molar-refractivity contribution in [1.82, 2.24) is 15.0 Å². The van der Waals surface area contributed by atoms with Crippen molar-refractivity contribution in [3.8, 4) is 0 Å². The first-order valence-corrected chi connectivity index (χ1v) is 7.54. The summed E-state index contributed by atoms with van der Waals surface area (Å²) in [5.41, 5.74) is 2.88. The minimum atomic E-state index is 0.703. The van der Waals surface area contributed by atoms with E-state index in [2.05, 4.69) is 33.3 Å². The molecule has 0 saturated carbocycles. The Morgan fingerprint density at radius 2 is 2.28 bits per heavy atom. The molecule has 0 radical (unpaired) electrons. The van der Waals surface area contributed by atoms with Gasteiger partial charge in [-0.25, -0.2) is 15.0 Å². The second-order valence-electron chi connectivity index (χ2n) is 3.81. The van der Waals surface area contributed by atoms with Gasteiger partial charge < -0.3 is 5.32 Å².